The van der Waals surface area contributed by atoms with E-state index in [-0.39, 0.29) is 18.1 Å². The average Bonchev–Trinajstić information content (AvgIpc) is 3.48. The second kappa shape index (κ2) is 16.0. The molecule has 1 amide bonds. The third-order valence-corrected chi connectivity index (χ3v) is 14.5. The van der Waals surface area contributed by atoms with Gasteiger partial charge in [0.15, 0.2) is 6.29 Å². The highest BCUT2D eigenvalue weighted by Crippen LogP contribution is 2.67. The molecular formula is C43H65NO7. The van der Waals surface area contributed by atoms with E-state index < -0.39 is 43.3 Å². The van der Waals surface area contributed by atoms with Crippen molar-refractivity contribution in [3.63, 3.8) is 0 Å². The van der Waals surface area contributed by atoms with E-state index in [4.69, 9.17) is 14.2 Å². The summed E-state index contributed by atoms with van der Waals surface area (Å²) in [6.07, 6.45) is 12.1. The van der Waals surface area contributed by atoms with E-state index in [1.807, 2.05) is 30.3 Å². The molecule has 5 aliphatic rings. The van der Waals surface area contributed by atoms with Crippen LogP contribution in [0.4, 0.5) is 4.79 Å². The summed E-state index contributed by atoms with van der Waals surface area (Å²) < 4.78 is 18.0. The van der Waals surface area contributed by atoms with E-state index in [0.29, 0.717) is 35.0 Å². The van der Waals surface area contributed by atoms with Crippen LogP contribution in [0, 0.1) is 52.3 Å². The molecular weight excluding hydrogens is 642 g/mol. The summed E-state index contributed by atoms with van der Waals surface area (Å²) in [5.41, 5.74) is 2.83. The molecule has 3 saturated carbocycles. The lowest BCUT2D eigenvalue weighted by Gasteiger charge is -2.58. The van der Waals surface area contributed by atoms with Gasteiger partial charge in [-0.05, 0) is 116 Å². The average molecular weight is 708 g/mol. The maximum absolute atomic E-state index is 12.8. The van der Waals surface area contributed by atoms with Crippen molar-refractivity contribution in [3.05, 3.63) is 59.7 Å². The molecule has 1 heterocycles. The van der Waals surface area contributed by atoms with E-state index in [2.05, 4.69) is 65.1 Å². The molecule has 0 radical (unpaired) electrons. The zero-order valence-corrected chi connectivity index (χ0v) is 31.9. The van der Waals surface area contributed by atoms with Gasteiger partial charge in [-0.25, -0.2) is 4.79 Å². The Labute approximate surface area is 306 Å². The van der Waals surface area contributed by atoms with Gasteiger partial charge in [0.2, 0.25) is 0 Å². The molecule has 8 heteroatoms. The number of benzene rings is 1. The molecule has 0 spiro atoms. The number of ether oxygens (including phenoxy) is 3. The van der Waals surface area contributed by atoms with E-state index in [0.717, 1.165) is 43.1 Å². The fraction of sp³-hybridized carbons (Fsp3) is 0.744. The smallest absolute Gasteiger partial charge is 0.407 e. The minimum Gasteiger partial charge on any atom is -0.445 e. The Kier molecular flexibility index (Phi) is 12.1. The highest BCUT2D eigenvalue weighted by atomic mass is 16.7. The lowest BCUT2D eigenvalue weighted by Crippen LogP contribution is -2.65. The second-order valence-electron chi connectivity index (χ2n) is 17.5. The standard InChI is InChI=1S/C43H65NO7/c1-7-29(26(2)3)14-13-27(4)33-17-18-34-32-16-15-30-23-31(19-21-42(30,5)35(32)20-22-43(33,34)6)50-40-37(39(47)38(46)36(24-45)51-40)44-41(48)49-25-28-11-9-8-10-12-28/h8-15,26-27,29,31-40,45-47H,7,16-25H2,1-6H3,(H,44,48)/b14-13+/t27-,29-,31+,32+,33-,34+,35+,36-,37-,38-,39-,40?,42?,43-/m1/s1. The third-order valence-electron chi connectivity index (χ3n) is 14.5. The number of hydrogen-bond acceptors (Lipinski definition) is 7. The topological polar surface area (TPSA) is 117 Å². The van der Waals surface area contributed by atoms with Crippen LogP contribution < -0.4 is 5.32 Å². The lowest BCUT2D eigenvalue weighted by atomic mass is 9.47. The minimum atomic E-state index is -1.40. The predicted octanol–water partition coefficient (Wildman–Crippen LogP) is 7.56. The highest BCUT2D eigenvalue weighted by molar-refractivity contribution is 5.67. The molecule has 1 saturated heterocycles. The van der Waals surface area contributed by atoms with Crippen molar-refractivity contribution in [2.24, 2.45) is 52.3 Å². The van der Waals surface area contributed by atoms with E-state index >= 15 is 0 Å². The van der Waals surface area contributed by atoms with Crippen LogP contribution >= 0.6 is 0 Å². The highest BCUT2D eigenvalue weighted by Gasteiger charge is 2.59. The number of hydrogen-bond donors (Lipinski definition) is 4. The fourth-order valence-electron chi connectivity index (χ4n) is 11.4. The van der Waals surface area contributed by atoms with Crippen molar-refractivity contribution >= 4 is 6.09 Å². The molecule has 2 unspecified atom stereocenters. The molecule has 14 atom stereocenters. The Morgan fingerprint density at radius 1 is 1.02 bits per heavy atom. The Balaban J connectivity index is 1.11. The normalized spacial score (nSPS) is 40.5. The molecule has 0 aromatic heterocycles. The van der Waals surface area contributed by atoms with Crippen LogP contribution in [0.15, 0.2) is 54.1 Å². The van der Waals surface area contributed by atoms with Crippen LogP contribution in [0.1, 0.15) is 105 Å². The summed E-state index contributed by atoms with van der Waals surface area (Å²) in [5, 5.41) is 34.3. The minimum absolute atomic E-state index is 0.0651. The largest absolute Gasteiger partial charge is 0.445 e. The Morgan fingerprint density at radius 3 is 2.49 bits per heavy atom. The second-order valence-corrected chi connectivity index (χ2v) is 17.5. The maximum Gasteiger partial charge on any atom is 0.407 e. The van der Waals surface area contributed by atoms with Gasteiger partial charge in [0, 0.05) is 0 Å². The summed E-state index contributed by atoms with van der Waals surface area (Å²) in [7, 11) is 0. The monoisotopic (exact) mass is 707 g/mol. The predicted molar refractivity (Wildman–Crippen MR) is 198 cm³/mol. The van der Waals surface area contributed by atoms with Crippen molar-refractivity contribution in [1.29, 1.82) is 0 Å². The van der Waals surface area contributed by atoms with Gasteiger partial charge in [-0.1, -0.05) is 95.7 Å². The molecule has 0 bridgehead atoms. The van der Waals surface area contributed by atoms with E-state index in [9.17, 15) is 20.1 Å². The number of nitrogens with one attached hydrogen (secondary N) is 1. The van der Waals surface area contributed by atoms with Gasteiger partial charge in [0.1, 0.15) is 31.0 Å². The fourth-order valence-corrected chi connectivity index (χ4v) is 11.4. The first-order chi connectivity index (χ1) is 24.4. The summed E-state index contributed by atoms with van der Waals surface area (Å²) in [6, 6.07) is 8.28. The van der Waals surface area contributed by atoms with Gasteiger partial charge < -0.3 is 34.8 Å². The number of fused-ring (bicyclic) bond motifs is 5. The van der Waals surface area contributed by atoms with Crippen LogP contribution in [-0.4, -0.2) is 64.8 Å². The van der Waals surface area contributed by atoms with Crippen LogP contribution in [0.2, 0.25) is 0 Å². The Hall–Kier alpha value is -2.23. The summed E-state index contributed by atoms with van der Waals surface area (Å²) in [4.78, 5) is 12.8. The molecule has 4 fully saturated rings. The third kappa shape index (κ3) is 7.73. The molecule has 284 valence electrons. The summed E-state index contributed by atoms with van der Waals surface area (Å²) in [5.74, 6) is 4.85. The van der Waals surface area contributed by atoms with Crippen LogP contribution in [0.5, 0.6) is 0 Å². The Bertz CT molecular complexity index is 1380. The molecule has 8 nitrogen and oxygen atoms in total. The van der Waals surface area contributed by atoms with Gasteiger partial charge in [0.05, 0.1) is 12.7 Å². The van der Waals surface area contributed by atoms with Crippen molar-refractivity contribution in [1.82, 2.24) is 5.32 Å². The van der Waals surface area contributed by atoms with Crippen molar-refractivity contribution < 1.29 is 34.3 Å². The van der Waals surface area contributed by atoms with Crippen LogP contribution in [-0.2, 0) is 20.8 Å². The first-order valence-corrected chi connectivity index (χ1v) is 20.0. The molecule has 4 N–H and O–H groups in total. The Morgan fingerprint density at radius 2 is 1.78 bits per heavy atom. The zero-order chi connectivity index (χ0) is 36.5. The van der Waals surface area contributed by atoms with Crippen molar-refractivity contribution in [2.45, 2.75) is 143 Å². The number of aliphatic hydroxyl groups is 3. The van der Waals surface area contributed by atoms with Gasteiger partial charge >= 0.3 is 6.09 Å². The van der Waals surface area contributed by atoms with E-state index in [1.165, 1.54) is 37.7 Å². The van der Waals surface area contributed by atoms with Crippen molar-refractivity contribution in [2.75, 3.05) is 6.61 Å². The summed E-state index contributed by atoms with van der Waals surface area (Å²) in [6.45, 7) is 14.2. The number of alkyl carbamates (subject to hydrolysis) is 1. The summed E-state index contributed by atoms with van der Waals surface area (Å²) >= 11 is 0. The van der Waals surface area contributed by atoms with Gasteiger partial charge in [-0.15, -0.1) is 0 Å². The van der Waals surface area contributed by atoms with Gasteiger partial charge in [0.25, 0.3) is 0 Å². The quantitative estimate of drug-likeness (QED) is 0.176. The number of carbonyl (C=O) groups is 1. The SMILES string of the molecule is CC[C@H](/C=C/[C@@H](C)[C@H]1CC[C@H]2[C@@H]3CC=C4C[C@@H](OC5O[C@H](CO)[C@@H](O)[C@H](O)[C@H]5NC(=O)OCc5ccccc5)CCC4(C)[C@H]3CC[C@]12C)C(C)C. The molecule has 1 aliphatic heterocycles. The number of amides is 1. The molecule has 4 aliphatic carbocycles. The van der Waals surface area contributed by atoms with E-state index in [1.54, 1.807) is 0 Å². The number of rotatable bonds is 11. The maximum atomic E-state index is 12.8. The van der Waals surface area contributed by atoms with Gasteiger partial charge in [-0.3, -0.25) is 0 Å². The molecule has 6 rings (SSSR count). The molecule has 1 aromatic rings. The first-order valence-electron chi connectivity index (χ1n) is 20.0. The zero-order valence-electron chi connectivity index (χ0n) is 31.9. The van der Waals surface area contributed by atoms with Crippen molar-refractivity contribution in [3.8, 4) is 0 Å². The van der Waals surface area contributed by atoms with Crippen LogP contribution in [0.3, 0.4) is 0 Å². The number of aliphatic hydroxyl groups excluding tert-OH is 3. The molecule has 51 heavy (non-hydrogen) atoms. The lowest BCUT2D eigenvalue weighted by molar-refractivity contribution is -0.283. The first kappa shape index (κ1) is 38.5. The molecule has 1 aromatic carbocycles. The number of carbonyl (C=O) groups excluding carboxylic acids is 1. The van der Waals surface area contributed by atoms with Gasteiger partial charge in [-0.2, -0.15) is 0 Å². The number of allylic oxidation sites excluding steroid dienone is 3. The van der Waals surface area contributed by atoms with Crippen LogP contribution in [0.25, 0.3) is 0 Å².